The molecule has 0 aliphatic carbocycles. The molecule has 1 aliphatic heterocycles. The number of likely N-dealkylation sites (tertiary alicyclic amines) is 1. The first kappa shape index (κ1) is 18.8. The lowest BCUT2D eigenvalue weighted by molar-refractivity contribution is -0.125. The van der Waals surface area contributed by atoms with Crippen LogP contribution in [0.4, 0.5) is 0 Å². The number of aromatic nitrogens is 4. The molecule has 1 saturated heterocycles. The van der Waals surface area contributed by atoms with Crippen molar-refractivity contribution >= 4 is 17.7 Å². The molecule has 0 bridgehead atoms. The summed E-state index contributed by atoms with van der Waals surface area (Å²) in [7, 11) is 0. The summed E-state index contributed by atoms with van der Waals surface area (Å²) < 4.78 is 1.76. The van der Waals surface area contributed by atoms with Crippen LogP contribution in [0.5, 0.6) is 0 Å². The maximum atomic E-state index is 12.7. The molecule has 2 atom stereocenters. The van der Waals surface area contributed by atoms with Gasteiger partial charge in [-0.3, -0.25) is 9.69 Å². The second kappa shape index (κ2) is 8.64. The number of hydrogen-bond donors (Lipinski definition) is 1. The number of thioether (sulfide) groups is 1. The molecule has 140 valence electrons. The summed E-state index contributed by atoms with van der Waals surface area (Å²) in [4.78, 5) is 16.2. The SMILES string of the molecule is CSc1ccc(CN2C[C@H](n3cnnn3)C[C@H]2C(=O)NCC(C)C)cc1. The first-order valence-corrected chi connectivity index (χ1v) is 10.2. The average molecular weight is 375 g/mol. The summed E-state index contributed by atoms with van der Waals surface area (Å²) in [6, 6.07) is 8.48. The maximum Gasteiger partial charge on any atom is 0.237 e. The van der Waals surface area contributed by atoms with Crippen LogP contribution in [0.1, 0.15) is 31.9 Å². The minimum absolute atomic E-state index is 0.0926. The van der Waals surface area contributed by atoms with Gasteiger partial charge in [-0.1, -0.05) is 26.0 Å². The Hall–Kier alpha value is -1.93. The maximum absolute atomic E-state index is 12.7. The van der Waals surface area contributed by atoms with Crippen molar-refractivity contribution in [3.63, 3.8) is 0 Å². The quantitative estimate of drug-likeness (QED) is 0.747. The van der Waals surface area contributed by atoms with Gasteiger partial charge in [0.05, 0.1) is 12.1 Å². The van der Waals surface area contributed by atoms with Crippen LogP contribution < -0.4 is 5.32 Å². The van der Waals surface area contributed by atoms with Crippen LogP contribution in [-0.2, 0) is 11.3 Å². The Bertz CT molecular complexity index is 703. The first-order valence-electron chi connectivity index (χ1n) is 8.94. The Labute approximate surface area is 158 Å². The lowest BCUT2D eigenvalue weighted by Gasteiger charge is -2.24. The van der Waals surface area contributed by atoms with Crippen molar-refractivity contribution in [1.29, 1.82) is 0 Å². The highest BCUT2D eigenvalue weighted by molar-refractivity contribution is 7.98. The third-order valence-electron chi connectivity index (χ3n) is 4.65. The second-order valence-electron chi connectivity index (χ2n) is 7.11. The van der Waals surface area contributed by atoms with Gasteiger partial charge < -0.3 is 5.32 Å². The van der Waals surface area contributed by atoms with Crippen LogP contribution in [0.15, 0.2) is 35.5 Å². The van der Waals surface area contributed by atoms with Crippen molar-refractivity contribution in [3.05, 3.63) is 36.2 Å². The van der Waals surface area contributed by atoms with Crippen molar-refractivity contribution in [2.75, 3.05) is 19.3 Å². The zero-order valence-corrected chi connectivity index (χ0v) is 16.3. The minimum Gasteiger partial charge on any atom is -0.354 e. The normalized spacial score (nSPS) is 20.6. The van der Waals surface area contributed by atoms with E-state index >= 15 is 0 Å². The zero-order valence-electron chi connectivity index (χ0n) is 15.5. The van der Waals surface area contributed by atoms with Gasteiger partial charge >= 0.3 is 0 Å². The predicted octanol–water partition coefficient (Wildman–Crippen LogP) is 1.98. The first-order chi connectivity index (χ1) is 12.6. The van der Waals surface area contributed by atoms with E-state index in [9.17, 15) is 4.79 Å². The van der Waals surface area contributed by atoms with E-state index in [1.54, 1.807) is 22.8 Å². The number of carbonyl (C=O) groups excluding carboxylic acids is 1. The van der Waals surface area contributed by atoms with Gasteiger partial charge in [0, 0.05) is 24.5 Å². The number of amides is 1. The molecule has 3 rings (SSSR count). The Balaban J connectivity index is 1.72. The van der Waals surface area contributed by atoms with Gasteiger partial charge in [-0.25, -0.2) is 4.68 Å². The van der Waals surface area contributed by atoms with Crippen molar-refractivity contribution in [2.45, 2.75) is 43.8 Å². The fourth-order valence-corrected chi connectivity index (χ4v) is 3.65. The summed E-state index contributed by atoms with van der Waals surface area (Å²) in [6.45, 7) is 6.40. The van der Waals surface area contributed by atoms with Gasteiger partial charge in [-0.15, -0.1) is 16.9 Å². The average Bonchev–Trinajstić information content (AvgIpc) is 3.30. The lowest BCUT2D eigenvalue weighted by atomic mass is 10.1. The highest BCUT2D eigenvalue weighted by Crippen LogP contribution is 2.28. The van der Waals surface area contributed by atoms with Crippen LogP contribution in [0, 0.1) is 5.92 Å². The number of carbonyl (C=O) groups is 1. The van der Waals surface area contributed by atoms with Crippen molar-refractivity contribution < 1.29 is 4.79 Å². The van der Waals surface area contributed by atoms with Crippen molar-refractivity contribution in [3.8, 4) is 0 Å². The summed E-state index contributed by atoms with van der Waals surface area (Å²) in [6.07, 6.45) is 4.42. The summed E-state index contributed by atoms with van der Waals surface area (Å²) in [5, 5.41) is 14.6. The monoisotopic (exact) mass is 374 g/mol. The molecule has 0 unspecified atom stereocenters. The largest absolute Gasteiger partial charge is 0.354 e. The van der Waals surface area contributed by atoms with E-state index < -0.39 is 0 Å². The van der Waals surface area contributed by atoms with Gasteiger partial charge in [0.25, 0.3) is 0 Å². The van der Waals surface area contributed by atoms with Gasteiger partial charge in [-0.2, -0.15) is 0 Å². The van der Waals surface area contributed by atoms with Gasteiger partial charge in [0.1, 0.15) is 6.33 Å². The van der Waals surface area contributed by atoms with Crippen LogP contribution in [0.2, 0.25) is 0 Å². The van der Waals surface area contributed by atoms with E-state index in [1.807, 2.05) is 0 Å². The molecule has 7 nitrogen and oxygen atoms in total. The Morgan fingerprint density at radius 1 is 1.35 bits per heavy atom. The molecule has 1 aliphatic rings. The van der Waals surface area contributed by atoms with E-state index in [0.29, 0.717) is 12.5 Å². The highest BCUT2D eigenvalue weighted by atomic mass is 32.2. The summed E-state index contributed by atoms with van der Waals surface area (Å²) in [5.74, 6) is 0.526. The van der Waals surface area contributed by atoms with Crippen LogP contribution in [0.3, 0.4) is 0 Å². The third-order valence-corrected chi connectivity index (χ3v) is 5.40. The Morgan fingerprint density at radius 2 is 2.12 bits per heavy atom. The topological polar surface area (TPSA) is 75.9 Å². The second-order valence-corrected chi connectivity index (χ2v) is 7.99. The number of rotatable bonds is 7. The molecule has 0 radical (unpaired) electrons. The zero-order chi connectivity index (χ0) is 18.5. The fourth-order valence-electron chi connectivity index (χ4n) is 3.24. The van der Waals surface area contributed by atoms with E-state index in [-0.39, 0.29) is 18.0 Å². The molecular formula is C18H26N6OS. The number of nitrogens with one attached hydrogen (secondary N) is 1. The molecule has 2 aromatic rings. The van der Waals surface area contributed by atoms with E-state index in [2.05, 4.69) is 70.1 Å². The standard InChI is InChI=1S/C18H26N6OS/c1-13(2)9-19-18(25)17-8-15(24-12-20-21-22-24)11-23(17)10-14-4-6-16(26-3)7-5-14/h4-7,12-13,15,17H,8-11H2,1-3H3,(H,19,25)/t15-,17+/m1/s1. The van der Waals surface area contributed by atoms with E-state index in [0.717, 1.165) is 19.5 Å². The number of tetrazole rings is 1. The molecule has 26 heavy (non-hydrogen) atoms. The van der Waals surface area contributed by atoms with Gasteiger partial charge in [0.2, 0.25) is 5.91 Å². The van der Waals surface area contributed by atoms with E-state index in [4.69, 9.17) is 0 Å². The Kier molecular flexibility index (Phi) is 6.26. The number of benzene rings is 1. The van der Waals surface area contributed by atoms with Crippen molar-refractivity contribution in [2.24, 2.45) is 5.92 Å². The van der Waals surface area contributed by atoms with Gasteiger partial charge in [-0.05, 0) is 46.7 Å². The molecule has 1 amide bonds. The molecule has 1 aromatic heterocycles. The molecule has 8 heteroatoms. The molecule has 0 saturated carbocycles. The van der Waals surface area contributed by atoms with Crippen LogP contribution >= 0.6 is 11.8 Å². The smallest absolute Gasteiger partial charge is 0.237 e. The molecule has 1 aromatic carbocycles. The third kappa shape index (κ3) is 4.62. The van der Waals surface area contributed by atoms with Gasteiger partial charge in [0.15, 0.2) is 0 Å². The molecule has 1 N–H and O–H groups in total. The van der Waals surface area contributed by atoms with Crippen molar-refractivity contribution in [1.82, 2.24) is 30.4 Å². The molecular weight excluding hydrogens is 348 g/mol. The fraction of sp³-hybridized carbons (Fsp3) is 0.556. The number of nitrogens with zero attached hydrogens (tertiary/aromatic N) is 5. The Morgan fingerprint density at radius 3 is 2.73 bits per heavy atom. The summed E-state index contributed by atoms with van der Waals surface area (Å²) in [5.41, 5.74) is 1.21. The lowest BCUT2D eigenvalue weighted by Crippen LogP contribution is -2.43. The molecule has 0 spiro atoms. The van der Waals surface area contributed by atoms with Crippen LogP contribution in [0.25, 0.3) is 0 Å². The van der Waals surface area contributed by atoms with E-state index in [1.165, 1.54) is 10.5 Å². The number of hydrogen-bond acceptors (Lipinski definition) is 6. The summed E-state index contributed by atoms with van der Waals surface area (Å²) >= 11 is 1.73. The van der Waals surface area contributed by atoms with Crippen LogP contribution in [-0.4, -0.2) is 56.4 Å². The predicted molar refractivity (Wildman–Crippen MR) is 102 cm³/mol. The molecule has 1 fully saturated rings. The minimum atomic E-state index is -0.164. The highest BCUT2D eigenvalue weighted by Gasteiger charge is 2.38. The molecule has 2 heterocycles.